The van der Waals surface area contributed by atoms with Gasteiger partial charge in [0.2, 0.25) is 0 Å². The number of hydroxylamine groups is 2. The Kier molecular flexibility index (Phi) is 11.1. The van der Waals surface area contributed by atoms with Gasteiger partial charge >= 0.3 is 0 Å². The molecule has 1 aromatic carbocycles. The quantitative estimate of drug-likeness (QED) is 0.261. The van der Waals surface area contributed by atoms with Gasteiger partial charge in [0.05, 0.1) is 13.7 Å². The summed E-state index contributed by atoms with van der Waals surface area (Å²) >= 11 is 11.7. The Hall–Kier alpha value is -0.680. The molecule has 0 amide bonds. The highest BCUT2D eigenvalue weighted by molar-refractivity contribution is 6.18. The van der Waals surface area contributed by atoms with Crippen molar-refractivity contribution in [2.45, 2.75) is 43.5 Å². The molecule has 1 aliphatic heterocycles. The van der Waals surface area contributed by atoms with Crippen molar-refractivity contribution in [2.24, 2.45) is 0 Å². The largest absolute Gasteiger partial charge is 0.394 e. The van der Waals surface area contributed by atoms with Crippen molar-refractivity contribution < 1.29 is 30.0 Å². The zero-order valence-corrected chi connectivity index (χ0v) is 18.6. The minimum Gasteiger partial charge on any atom is -0.394 e. The third-order valence-corrected chi connectivity index (χ3v) is 5.58. The van der Waals surface area contributed by atoms with Crippen molar-refractivity contribution in [2.75, 3.05) is 50.0 Å². The monoisotopic (exact) mass is 466 g/mol. The minimum absolute atomic E-state index is 0.422. The number of halogens is 2. The number of aliphatic hydroxyl groups is 4. The molecule has 1 fully saturated rings. The van der Waals surface area contributed by atoms with Gasteiger partial charge in [-0.05, 0) is 30.5 Å². The first kappa shape index (κ1) is 25.6. The fourth-order valence-corrected chi connectivity index (χ4v) is 3.94. The molecule has 0 saturated carbocycles. The Morgan fingerprint density at radius 2 is 1.60 bits per heavy atom. The van der Waals surface area contributed by atoms with E-state index in [1.54, 1.807) is 0 Å². The van der Waals surface area contributed by atoms with Gasteiger partial charge in [0.15, 0.2) is 6.23 Å². The summed E-state index contributed by atoms with van der Waals surface area (Å²) in [4.78, 5) is 7.46. The summed E-state index contributed by atoms with van der Waals surface area (Å²) < 4.78 is 5.54. The van der Waals surface area contributed by atoms with Gasteiger partial charge in [-0.25, -0.2) is 0 Å². The number of benzene rings is 1. The average Bonchev–Trinajstić information content (AvgIpc) is 2.76. The number of aliphatic hydroxyl groups excluding tert-OH is 4. The number of hydrogen-bond donors (Lipinski definition) is 4. The predicted octanol–water partition coefficient (Wildman–Crippen LogP) is 0.566. The van der Waals surface area contributed by atoms with E-state index >= 15 is 0 Å². The van der Waals surface area contributed by atoms with Crippen LogP contribution in [0.2, 0.25) is 0 Å². The highest BCUT2D eigenvalue weighted by atomic mass is 35.5. The van der Waals surface area contributed by atoms with Crippen LogP contribution in [0.25, 0.3) is 0 Å². The molecule has 172 valence electrons. The molecule has 1 saturated heterocycles. The van der Waals surface area contributed by atoms with Gasteiger partial charge in [-0.2, -0.15) is 5.06 Å². The molecule has 1 aromatic rings. The fraction of sp³-hybridized carbons (Fsp3) is 0.700. The zero-order chi connectivity index (χ0) is 22.1. The van der Waals surface area contributed by atoms with E-state index in [0.717, 1.165) is 30.8 Å². The summed E-state index contributed by atoms with van der Waals surface area (Å²) in [6.45, 7) is 1.41. The van der Waals surface area contributed by atoms with Crippen LogP contribution in [0.4, 0.5) is 5.69 Å². The summed E-state index contributed by atoms with van der Waals surface area (Å²) in [6, 6.07) is 8.19. The second-order valence-electron chi connectivity index (χ2n) is 7.18. The van der Waals surface area contributed by atoms with Crippen LogP contribution in [-0.4, -0.2) is 101 Å². The van der Waals surface area contributed by atoms with E-state index < -0.39 is 37.3 Å². The van der Waals surface area contributed by atoms with Crippen LogP contribution in [-0.2, 0) is 16.0 Å². The molecule has 1 unspecified atom stereocenters. The van der Waals surface area contributed by atoms with Crippen molar-refractivity contribution in [3.05, 3.63) is 29.8 Å². The van der Waals surface area contributed by atoms with Gasteiger partial charge in [-0.15, -0.1) is 23.2 Å². The highest BCUT2D eigenvalue weighted by Gasteiger charge is 2.45. The van der Waals surface area contributed by atoms with Crippen molar-refractivity contribution in [1.82, 2.24) is 5.06 Å². The Bertz CT molecular complexity index is 603. The van der Waals surface area contributed by atoms with E-state index in [2.05, 4.69) is 17.0 Å². The molecule has 10 heteroatoms. The lowest BCUT2D eigenvalue weighted by molar-refractivity contribution is -0.327. The van der Waals surface area contributed by atoms with E-state index in [1.165, 1.54) is 12.2 Å². The minimum atomic E-state index is -1.44. The molecule has 0 radical (unpaired) electrons. The smallest absolute Gasteiger partial charge is 0.162 e. The number of ether oxygens (including phenoxy) is 1. The number of hydrogen-bond acceptors (Lipinski definition) is 8. The molecule has 1 aliphatic rings. The molecule has 8 nitrogen and oxygen atoms in total. The second kappa shape index (κ2) is 13.0. The maximum Gasteiger partial charge on any atom is 0.162 e. The van der Waals surface area contributed by atoms with Crippen LogP contribution in [0.15, 0.2) is 24.3 Å². The molecular formula is C20H32Cl2N2O6. The Morgan fingerprint density at radius 1 is 0.967 bits per heavy atom. The molecule has 4 N–H and O–H groups in total. The summed E-state index contributed by atoms with van der Waals surface area (Å²) in [7, 11) is 1.44. The lowest BCUT2D eigenvalue weighted by Gasteiger charge is -2.43. The summed E-state index contributed by atoms with van der Waals surface area (Å²) in [6.07, 6.45) is -4.68. The van der Waals surface area contributed by atoms with Crippen LogP contribution >= 0.6 is 23.2 Å². The van der Waals surface area contributed by atoms with Gasteiger partial charge in [-0.3, -0.25) is 4.84 Å². The molecular weight excluding hydrogens is 435 g/mol. The van der Waals surface area contributed by atoms with Crippen LogP contribution in [0, 0.1) is 0 Å². The normalized spacial score (nSPS) is 26.9. The SMILES string of the molecule is CON(CCCc1ccc(N(CCCl)CCCl)cc1)C1O[C@@H](CO)[C@H](O)[C@H](O)[C@H]1O. The Morgan fingerprint density at radius 3 is 2.13 bits per heavy atom. The van der Waals surface area contributed by atoms with Crippen LogP contribution in [0.3, 0.4) is 0 Å². The Labute approximate surface area is 187 Å². The first-order chi connectivity index (χ1) is 14.5. The van der Waals surface area contributed by atoms with Crippen LogP contribution in [0.1, 0.15) is 12.0 Å². The predicted molar refractivity (Wildman–Crippen MR) is 116 cm³/mol. The molecule has 0 aliphatic carbocycles. The van der Waals surface area contributed by atoms with Gasteiger partial charge < -0.3 is 30.1 Å². The number of rotatable bonds is 12. The number of anilines is 1. The van der Waals surface area contributed by atoms with E-state index in [4.69, 9.17) is 32.8 Å². The highest BCUT2D eigenvalue weighted by Crippen LogP contribution is 2.24. The summed E-state index contributed by atoms with van der Waals surface area (Å²) in [5, 5.41) is 40.9. The zero-order valence-electron chi connectivity index (χ0n) is 17.1. The molecule has 0 spiro atoms. The first-order valence-corrected chi connectivity index (χ1v) is 11.1. The molecule has 2 rings (SSSR count). The maximum absolute atomic E-state index is 10.2. The molecule has 1 heterocycles. The standard InChI is InChI=1S/C20H32Cl2N2O6/c1-29-24(20-19(28)18(27)17(26)16(13-25)30-20)10-2-3-14-4-6-15(7-5-14)23(11-8-21)12-9-22/h4-7,16-20,25-28H,2-3,8-13H2,1H3/t16-,17-,18-,19+,20?/m0/s1. The molecule has 0 bridgehead atoms. The van der Waals surface area contributed by atoms with Crippen molar-refractivity contribution >= 4 is 28.9 Å². The van der Waals surface area contributed by atoms with Gasteiger partial charge in [0, 0.05) is 37.1 Å². The lowest BCUT2D eigenvalue weighted by atomic mass is 9.98. The number of nitrogens with zero attached hydrogens (tertiary/aromatic N) is 2. The van der Waals surface area contributed by atoms with Crippen molar-refractivity contribution in [3.63, 3.8) is 0 Å². The Balaban J connectivity index is 1.91. The third kappa shape index (κ3) is 6.66. The molecule has 0 aromatic heterocycles. The van der Waals surface area contributed by atoms with E-state index in [-0.39, 0.29) is 0 Å². The van der Waals surface area contributed by atoms with E-state index in [9.17, 15) is 20.4 Å². The maximum atomic E-state index is 10.2. The van der Waals surface area contributed by atoms with Crippen molar-refractivity contribution in [1.29, 1.82) is 0 Å². The van der Waals surface area contributed by atoms with Crippen LogP contribution < -0.4 is 4.90 Å². The molecule has 5 atom stereocenters. The molecule has 30 heavy (non-hydrogen) atoms. The summed E-state index contributed by atoms with van der Waals surface area (Å²) in [5.74, 6) is 1.06. The lowest BCUT2D eigenvalue weighted by Crippen LogP contribution is -2.63. The van der Waals surface area contributed by atoms with Gasteiger partial charge in [0.25, 0.3) is 0 Å². The third-order valence-electron chi connectivity index (χ3n) is 5.24. The van der Waals surface area contributed by atoms with Gasteiger partial charge in [-0.1, -0.05) is 12.1 Å². The van der Waals surface area contributed by atoms with E-state index in [0.29, 0.717) is 24.7 Å². The van der Waals surface area contributed by atoms with Crippen molar-refractivity contribution in [3.8, 4) is 0 Å². The van der Waals surface area contributed by atoms with Crippen LogP contribution in [0.5, 0.6) is 0 Å². The van der Waals surface area contributed by atoms with E-state index in [1.807, 2.05) is 12.1 Å². The second-order valence-corrected chi connectivity index (χ2v) is 7.93. The topological polar surface area (TPSA) is 106 Å². The fourth-order valence-electron chi connectivity index (χ4n) is 3.53. The number of aryl methyl sites for hydroxylation is 1. The van der Waals surface area contributed by atoms with Gasteiger partial charge in [0.1, 0.15) is 24.4 Å². The number of alkyl halides is 2. The average molecular weight is 467 g/mol. The summed E-state index contributed by atoms with van der Waals surface area (Å²) in [5.41, 5.74) is 2.21. The first-order valence-electron chi connectivity index (χ1n) is 10.0.